The molecule has 0 spiro atoms. The number of para-hydroxylation sites is 1. The van der Waals surface area contributed by atoms with Crippen molar-refractivity contribution in [3.05, 3.63) is 77.4 Å². The van der Waals surface area contributed by atoms with Crippen LogP contribution in [0.25, 0.3) is 21.5 Å². The van der Waals surface area contributed by atoms with E-state index in [1.807, 2.05) is 77.8 Å². The highest BCUT2D eigenvalue weighted by atomic mass is 32.1. The number of fused-ring (bicyclic) bond motifs is 1. The Balaban J connectivity index is 1.50. The fourth-order valence-corrected chi connectivity index (χ4v) is 3.62. The Morgan fingerprint density at radius 2 is 1.88 bits per heavy atom. The summed E-state index contributed by atoms with van der Waals surface area (Å²) in [5, 5.41) is 3.76. The molecule has 124 valence electrons. The Morgan fingerprint density at radius 3 is 2.72 bits per heavy atom. The molecule has 5 heteroatoms. The van der Waals surface area contributed by atoms with E-state index >= 15 is 0 Å². The topological polar surface area (TPSA) is 44.1 Å². The summed E-state index contributed by atoms with van der Waals surface area (Å²) in [6.07, 6.45) is 1.81. The lowest BCUT2D eigenvalue weighted by Crippen LogP contribution is -2.05. The first-order chi connectivity index (χ1) is 12.2. The van der Waals surface area contributed by atoms with Crippen LogP contribution in [0, 0.1) is 0 Å². The van der Waals surface area contributed by atoms with Crippen molar-refractivity contribution in [1.29, 1.82) is 0 Å². The Bertz CT molecular complexity index is 1030. The molecule has 4 aromatic rings. The van der Waals surface area contributed by atoms with Crippen LogP contribution in [0.1, 0.15) is 16.1 Å². The fourth-order valence-electron chi connectivity index (χ4n) is 2.81. The number of carbonyl (C=O) groups excluding carboxylic acids is 1. The summed E-state index contributed by atoms with van der Waals surface area (Å²) in [6, 6.07) is 17.8. The molecule has 0 saturated carbocycles. The normalized spacial score (nSPS) is 10.9. The van der Waals surface area contributed by atoms with Crippen molar-refractivity contribution in [2.75, 3.05) is 0 Å². The Kier molecular flexibility index (Phi) is 4.07. The quantitative estimate of drug-likeness (QED) is 0.504. The molecule has 25 heavy (non-hydrogen) atoms. The summed E-state index contributed by atoms with van der Waals surface area (Å²) in [6.45, 7) is 0.172. The Hall–Kier alpha value is -2.92. The standard InChI is InChI=1S/C20H16N2O2S/c1-22-11-17(16-9-5-6-10-18(16)22)20(23)24-12-15-13-25-19(21-15)14-7-3-2-4-8-14/h2-11,13H,12H2,1H3. The number of aromatic nitrogens is 2. The Labute approximate surface area is 149 Å². The summed E-state index contributed by atoms with van der Waals surface area (Å²) in [4.78, 5) is 17.0. The average Bonchev–Trinajstić information content (AvgIpc) is 3.26. The monoisotopic (exact) mass is 348 g/mol. The predicted octanol–water partition coefficient (Wildman–Crippen LogP) is 4.66. The number of benzene rings is 2. The number of aryl methyl sites for hydroxylation is 1. The first-order valence-corrected chi connectivity index (χ1v) is 8.81. The summed E-state index contributed by atoms with van der Waals surface area (Å²) in [5.74, 6) is -0.328. The lowest BCUT2D eigenvalue weighted by Gasteiger charge is -2.01. The van der Waals surface area contributed by atoms with Crippen molar-refractivity contribution >= 4 is 28.2 Å². The lowest BCUT2D eigenvalue weighted by atomic mass is 10.2. The minimum Gasteiger partial charge on any atom is -0.455 e. The molecular formula is C20H16N2O2S. The molecule has 4 nitrogen and oxygen atoms in total. The van der Waals surface area contributed by atoms with Gasteiger partial charge in [0.15, 0.2) is 0 Å². The van der Waals surface area contributed by atoms with Crippen LogP contribution in [-0.4, -0.2) is 15.5 Å². The van der Waals surface area contributed by atoms with E-state index in [2.05, 4.69) is 4.98 Å². The maximum Gasteiger partial charge on any atom is 0.340 e. The lowest BCUT2D eigenvalue weighted by molar-refractivity contribution is 0.0470. The van der Waals surface area contributed by atoms with Gasteiger partial charge in [0.1, 0.15) is 11.6 Å². The molecule has 0 fully saturated rings. The van der Waals surface area contributed by atoms with Crippen LogP contribution in [0.5, 0.6) is 0 Å². The minimum atomic E-state index is -0.328. The molecule has 0 amide bonds. The van der Waals surface area contributed by atoms with E-state index in [0.717, 1.165) is 27.2 Å². The van der Waals surface area contributed by atoms with Gasteiger partial charge in [-0.05, 0) is 6.07 Å². The van der Waals surface area contributed by atoms with Gasteiger partial charge in [0.2, 0.25) is 0 Å². The molecule has 0 radical (unpaired) electrons. The number of ether oxygens (including phenoxy) is 1. The highest BCUT2D eigenvalue weighted by Gasteiger charge is 2.15. The maximum absolute atomic E-state index is 12.5. The van der Waals surface area contributed by atoms with Gasteiger partial charge in [0, 0.05) is 35.1 Å². The molecule has 0 unspecified atom stereocenters. The van der Waals surface area contributed by atoms with Gasteiger partial charge in [-0.25, -0.2) is 9.78 Å². The molecule has 0 N–H and O–H groups in total. The van der Waals surface area contributed by atoms with Gasteiger partial charge in [-0.2, -0.15) is 0 Å². The van der Waals surface area contributed by atoms with Gasteiger partial charge in [-0.1, -0.05) is 48.5 Å². The van der Waals surface area contributed by atoms with Crippen molar-refractivity contribution in [3.8, 4) is 10.6 Å². The zero-order chi connectivity index (χ0) is 17.2. The molecule has 0 aliphatic heterocycles. The predicted molar refractivity (Wildman–Crippen MR) is 99.6 cm³/mol. The second kappa shape index (κ2) is 6.53. The molecule has 2 aromatic carbocycles. The largest absolute Gasteiger partial charge is 0.455 e. The van der Waals surface area contributed by atoms with Crippen LogP contribution in [-0.2, 0) is 18.4 Å². The van der Waals surface area contributed by atoms with Gasteiger partial charge in [-0.15, -0.1) is 11.3 Å². The molecule has 0 saturated heterocycles. The first-order valence-electron chi connectivity index (χ1n) is 7.93. The van der Waals surface area contributed by atoms with Crippen LogP contribution in [0.3, 0.4) is 0 Å². The number of thiazole rings is 1. The van der Waals surface area contributed by atoms with E-state index in [0.29, 0.717) is 5.56 Å². The van der Waals surface area contributed by atoms with Crippen molar-refractivity contribution in [2.45, 2.75) is 6.61 Å². The Morgan fingerprint density at radius 1 is 1.12 bits per heavy atom. The van der Waals surface area contributed by atoms with Crippen LogP contribution in [0.4, 0.5) is 0 Å². The van der Waals surface area contributed by atoms with Crippen molar-refractivity contribution < 1.29 is 9.53 Å². The van der Waals surface area contributed by atoms with E-state index < -0.39 is 0 Å². The number of esters is 1. The van der Waals surface area contributed by atoms with Gasteiger partial charge < -0.3 is 9.30 Å². The summed E-state index contributed by atoms with van der Waals surface area (Å²) < 4.78 is 7.41. The van der Waals surface area contributed by atoms with Crippen LogP contribution >= 0.6 is 11.3 Å². The number of hydrogen-bond acceptors (Lipinski definition) is 4. The first kappa shape index (κ1) is 15.6. The second-order valence-corrected chi connectivity index (χ2v) is 6.62. The summed E-state index contributed by atoms with van der Waals surface area (Å²) >= 11 is 1.55. The molecule has 0 atom stereocenters. The number of hydrogen-bond donors (Lipinski definition) is 0. The minimum absolute atomic E-state index is 0.172. The average molecular weight is 348 g/mol. The van der Waals surface area contributed by atoms with Crippen LogP contribution < -0.4 is 0 Å². The SMILES string of the molecule is Cn1cc(C(=O)OCc2csc(-c3ccccc3)n2)c2ccccc21. The van der Waals surface area contributed by atoms with Gasteiger partial charge >= 0.3 is 5.97 Å². The zero-order valence-electron chi connectivity index (χ0n) is 13.7. The molecule has 0 aliphatic rings. The van der Waals surface area contributed by atoms with Crippen LogP contribution in [0.15, 0.2) is 66.2 Å². The highest BCUT2D eigenvalue weighted by molar-refractivity contribution is 7.13. The molecule has 2 heterocycles. The summed E-state index contributed by atoms with van der Waals surface area (Å²) in [7, 11) is 1.92. The van der Waals surface area contributed by atoms with Crippen molar-refractivity contribution in [3.63, 3.8) is 0 Å². The third-order valence-electron chi connectivity index (χ3n) is 4.04. The number of rotatable bonds is 4. The number of carbonyl (C=O) groups is 1. The third-order valence-corrected chi connectivity index (χ3v) is 4.98. The zero-order valence-corrected chi connectivity index (χ0v) is 14.5. The second-order valence-electron chi connectivity index (χ2n) is 5.76. The molecular weight excluding hydrogens is 332 g/mol. The molecule has 0 bridgehead atoms. The van der Waals surface area contributed by atoms with Crippen molar-refractivity contribution in [1.82, 2.24) is 9.55 Å². The third kappa shape index (κ3) is 3.06. The number of nitrogens with zero attached hydrogens (tertiary/aromatic N) is 2. The van der Waals surface area contributed by atoms with E-state index in [1.165, 1.54) is 0 Å². The fraction of sp³-hybridized carbons (Fsp3) is 0.100. The van der Waals surface area contributed by atoms with E-state index in [-0.39, 0.29) is 12.6 Å². The van der Waals surface area contributed by atoms with E-state index in [9.17, 15) is 4.79 Å². The highest BCUT2D eigenvalue weighted by Crippen LogP contribution is 2.24. The molecule has 0 aliphatic carbocycles. The molecule has 4 rings (SSSR count). The van der Waals surface area contributed by atoms with Crippen molar-refractivity contribution in [2.24, 2.45) is 7.05 Å². The smallest absolute Gasteiger partial charge is 0.340 e. The van der Waals surface area contributed by atoms with Gasteiger partial charge in [0.25, 0.3) is 0 Å². The van der Waals surface area contributed by atoms with E-state index in [1.54, 1.807) is 11.3 Å². The van der Waals surface area contributed by atoms with Gasteiger partial charge in [-0.3, -0.25) is 0 Å². The van der Waals surface area contributed by atoms with E-state index in [4.69, 9.17) is 4.74 Å². The van der Waals surface area contributed by atoms with Crippen LogP contribution in [0.2, 0.25) is 0 Å². The van der Waals surface area contributed by atoms with Gasteiger partial charge in [0.05, 0.1) is 11.3 Å². The maximum atomic E-state index is 12.5. The molecule has 2 aromatic heterocycles. The summed E-state index contributed by atoms with van der Waals surface area (Å²) in [5.41, 5.74) is 3.42.